The summed E-state index contributed by atoms with van der Waals surface area (Å²) in [6.45, 7) is 5.31. The van der Waals surface area contributed by atoms with Gasteiger partial charge in [0.05, 0.1) is 32.5 Å². The Labute approximate surface area is 254 Å². The van der Waals surface area contributed by atoms with Crippen molar-refractivity contribution in [3.63, 3.8) is 0 Å². The molecule has 0 saturated carbocycles. The fraction of sp³-hybridized carbons (Fsp3) is 0.344. The zero-order chi connectivity index (χ0) is 31.2. The zero-order valence-electron chi connectivity index (χ0n) is 25.1. The molecule has 1 atom stereocenters. The van der Waals surface area contributed by atoms with E-state index in [0.717, 1.165) is 5.56 Å². The third-order valence-electron chi connectivity index (χ3n) is 7.37. The molecule has 0 fully saturated rings. The maximum absolute atomic E-state index is 13.6. The first-order chi connectivity index (χ1) is 21.2. The van der Waals surface area contributed by atoms with Crippen LogP contribution in [0.5, 0.6) is 11.5 Å². The van der Waals surface area contributed by atoms with Crippen molar-refractivity contribution in [3.8, 4) is 23.0 Å². The first-order valence-electron chi connectivity index (χ1n) is 14.3. The molecule has 12 heteroatoms. The second-order valence-corrected chi connectivity index (χ2v) is 10.5. The number of rotatable bonds is 4. The van der Waals surface area contributed by atoms with E-state index in [1.165, 1.54) is 4.90 Å². The van der Waals surface area contributed by atoms with Crippen molar-refractivity contribution < 1.29 is 32.8 Å². The van der Waals surface area contributed by atoms with Crippen LogP contribution in [0.3, 0.4) is 0 Å². The number of amides is 3. The number of carbonyl (C=O) groups is 3. The Balaban J connectivity index is 1.47. The van der Waals surface area contributed by atoms with Crippen LogP contribution in [0, 0.1) is 20.8 Å². The number of oxazole rings is 1. The van der Waals surface area contributed by atoms with Crippen LogP contribution in [-0.2, 0) is 22.6 Å². The second kappa shape index (κ2) is 13.4. The van der Waals surface area contributed by atoms with Crippen LogP contribution < -0.4 is 20.1 Å². The lowest BCUT2D eigenvalue weighted by molar-refractivity contribution is -0.129. The molecule has 12 nitrogen and oxygen atoms in total. The van der Waals surface area contributed by atoms with Gasteiger partial charge >= 0.3 is 0 Å². The van der Waals surface area contributed by atoms with E-state index in [1.54, 1.807) is 40.0 Å². The van der Waals surface area contributed by atoms with Gasteiger partial charge < -0.3 is 33.9 Å². The van der Waals surface area contributed by atoms with E-state index in [-0.39, 0.29) is 32.7 Å². The van der Waals surface area contributed by atoms with E-state index in [9.17, 15) is 14.4 Å². The lowest BCUT2D eigenvalue weighted by Gasteiger charge is -2.24. The minimum Gasteiger partial charge on any atom is -0.493 e. The molecular weight excluding hydrogens is 566 g/mol. The molecule has 230 valence electrons. The Bertz CT molecular complexity index is 1630. The van der Waals surface area contributed by atoms with Crippen LogP contribution in [0.25, 0.3) is 11.5 Å². The van der Waals surface area contributed by atoms with E-state index in [0.29, 0.717) is 57.8 Å². The van der Waals surface area contributed by atoms with Crippen LogP contribution in [0.1, 0.15) is 45.3 Å². The first kappa shape index (κ1) is 30.3. The van der Waals surface area contributed by atoms with Crippen molar-refractivity contribution in [2.75, 3.05) is 26.8 Å². The summed E-state index contributed by atoms with van der Waals surface area (Å²) < 4.78 is 22.7. The molecule has 0 radical (unpaired) electrons. The van der Waals surface area contributed by atoms with Gasteiger partial charge in [-0.25, -0.2) is 4.98 Å². The van der Waals surface area contributed by atoms with E-state index < -0.39 is 23.8 Å². The molecular formula is C32H35N5O7. The van der Waals surface area contributed by atoms with Crippen molar-refractivity contribution in [2.45, 2.75) is 46.2 Å². The molecule has 4 bridgehead atoms. The third kappa shape index (κ3) is 6.91. The summed E-state index contributed by atoms with van der Waals surface area (Å²) in [6.07, 6.45) is 0.647. The number of fused-ring (bicyclic) bond motifs is 5. The van der Waals surface area contributed by atoms with Crippen molar-refractivity contribution in [3.05, 3.63) is 82.6 Å². The van der Waals surface area contributed by atoms with Crippen LogP contribution in [0.2, 0.25) is 0 Å². The molecule has 3 amide bonds. The number of ether oxygens (including phenoxy) is 2. The van der Waals surface area contributed by atoms with Crippen LogP contribution in [-0.4, -0.2) is 65.6 Å². The number of hydrogen-bond donors (Lipinski definition) is 2. The van der Waals surface area contributed by atoms with Crippen molar-refractivity contribution >= 4 is 17.7 Å². The molecule has 5 rings (SSSR count). The predicted molar refractivity (Wildman–Crippen MR) is 159 cm³/mol. The molecule has 0 saturated heterocycles. The number of nitrogens with zero attached hydrogens (tertiary/aromatic N) is 3. The summed E-state index contributed by atoms with van der Waals surface area (Å²) in [6, 6.07) is 13.8. The summed E-state index contributed by atoms with van der Waals surface area (Å²) >= 11 is 0. The Kier molecular flexibility index (Phi) is 9.27. The molecule has 44 heavy (non-hydrogen) atoms. The monoisotopic (exact) mass is 601 g/mol. The Hall–Kier alpha value is -5.13. The maximum Gasteiger partial charge on any atom is 0.259 e. The molecule has 1 aliphatic heterocycles. The highest BCUT2D eigenvalue weighted by atomic mass is 16.5. The fourth-order valence-corrected chi connectivity index (χ4v) is 5.04. The van der Waals surface area contributed by atoms with Gasteiger partial charge in [0.1, 0.15) is 28.8 Å². The average molecular weight is 602 g/mol. The number of methoxy groups -OCH3 is 1. The fourth-order valence-electron chi connectivity index (χ4n) is 5.04. The highest BCUT2D eigenvalue weighted by Crippen LogP contribution is 2.33. The lowest BCUT2D eigenvalue weighted by Crippen LogP contribution is -2.51. The summed E-state index contributed by atoms with van der Waals surface area (Å²) in [7, 11) is 1.55. The van der Waals surface area contributed by atoms with E-state index in [4.69, 9.17) is 18.4 Å². The van der Waals surface area contributed by atoms with Crippen molar-refractivity contribution in [1.82, 2.24) is 25.7 Å². The first-order valence-corrected chi connectivity index (χ1v) is 14.3. The molecule has 1 aliphatic rings. The van der Waals surface area contributed by atoms with Crippen molar-refractivity contribution in [1.29, 1.82) is 0 Å². The highest BCUT2D eigenvalue weighted by Gasteiger charge is 2.28. The molecule has 2 aromatic carbocycles. The second-order valence-electron chi connectivity index (χ2n) is 10.5. The molecule has 0 unspecified atom stereocenters. The van der Waals surface area contributed by atoms with Gasteiger partial charge in [-0.05, 0) is 51.0 Å². The Morgan fingerprint density at radius 1 is 1.09 bits per heavy atom. The molecule has 2 N–H and O–H groups in total. The van der Waals surface area contributed by atoms with Crippen molar-refractivity contribution in [2.24, 2.45) is 0 Å². The largest absolute Gasteiger partial charge is 0.493 e. The lowest BCUT2D eigenvalue weighted by atomic mass is 10.0. The standard InChI is InChI=1S/C32H35N5O7/c1-19-29(21(3)44-36-19)32(40)37-13-8-14-42-27-16-23(11-12-26(27)41-4)31-35-25(20(2)43-31)17-33-30(39)24(34-28(38)18-37)15-22-9-6-5-7-10-22/h5-7,9-12,16,24H,8,13-15,17-18H2,1-4H3,(H,33,39)(H,34,38)/t24-/m1/s1. The minimum atomic E-state index is -0.904. The van der Waals surface area contributed by atoms with Gasteiger partial charge in [-0.2, -0.15) is 0 Å². The van der Waals surface area contributed by atoms with Crippen LogP contribution >= 0.6 is 0 Å². The zero-order valence-corrected chi connectivity index (χ0v) is 25.1. The molecule has 3 heterocycles. The number of aryl methyl sites for hydroxylation is 3. The summed E-state index contributed by atoms with van der Waals surface area (Å²) in [5, 5.41) is 9.63. The number of aromatic nitrogens is 2. The number of carbonyl (C=O) groups excluding carboxylic acids is 3. The van der Waals surface area contributed by atoms with Crippen LogP contribution in [0.15, 0.2) is 57.5 Å². The van der Waals surface area contributed by atoms with Gasteiger partial charge in [-0.1, -0.05) is 35.5 Å². The average Bonchev–Trinajstić information content (AvgIpc) is 3.56. The summed E-state index contributed by atoms with van der Waals surface area (Å²) in [4.78, 5) is 46.6. The quantitative estimate of drug-likeness (QED) is 0.358. The predicted octanol–water partition coefficient (Wildman–Crippen LogP) is 3.53. The normalized spacial score (nSPS) is 16.3. The smallest absolute Gasteiger partial charge is 0.259 e. The Morgan fingerprint density at radius 3 is 2.61 bits per heavy atom. The van der Waals surface area contributed by atoms with E-state index >= 15 is 0 Å². The topological polar surface area (TPSA) is 149 Å². The van der Waals surface area contributed by atoms with E-state index in [1.807, 2.05) is 36.4 Å². The molecule has 4 aromatic rings. The number of benzene rings is 2. The third-order valence-corrected chi connectivity index (χ3v) is 7.37. The van der Waals surface area contributed by atoms with Crippen LogP contribution in [0.4, 0.5) is 0 Å². The van der Waals surface area contributed by atoms with Gasteiger partial charge in [0, 0.05) is 18.5 Å². The number of nitrogens with one attached hydrogen (secondary N) is 2. The number of hydrogen-bond acceptors (Lipinski definition) is 9. The summed E-state index contributed by atoms with van der Waals surface area (Å²) in [5.41, 5.74) is 2.82. The Morgan fingerprint density at radius 2 is 1.89 bits per heavy atom. The molecule has 0 spiro atoms. The minimum absolute atomic E-state index is 0.0888. The van der Waals surface area contributed by atoms with E-state index in [2.05, 4.69) is 20.8 Å². The van der Waals surface area contributed by atoms with Gasteiger partial charge in [0.25, 0.3) is 5.91 Å². The molecule has 2 aromatic heterocycles. The van der Waals surface area contributed by atoms with Gasteiger partial charge in [0.2, 0.25) is 17.7 Å². The molecule has 0 aliphatic carbocycles. The summed E-state index contributed by atoms with van der Waals surface area (Å²) in [5.74, 6) is 0.987. The highest BCUT2D eigenvalue weighted by molar-refractivity contribution is 5.98. The SMILES string of the molecule is COc1ccc2cc1OCCCN(C(=O)c1c(C)noc1C)CC(=O)N[C@H](Cc1ccccc1)C(=O)NCc1nc-2oc1C. The van der Waals surface area contributed by atoms with Gasteiger partial charge in [0.15, 0.2) is 11.5 Å². The van der Waals surface area contributed by atoms with Gasteiger partial charge in [-0.3, -0.25) is 14.4 Å². The maximum atomic E-state index is 13.6. The van der Waals surface area contributed by atoms with Gasteiger partial charge in [-0.15, -0.1) is 0 Å².